The standard InChI is InChI=1S/C18H25N5O5/c1-11(15(22-26-5)12(2)21-25-4)17(28-19)14-10-8-7-9-13(14)16(23-27-6)18(24)20-3/h7-10H,19H2,1-6H3,(H,20,24). The van der Waals surface area contributed by atoms with E-state index < -0.39 is 5.91 Å². The van der Waals surface area contributed by atoms with Crippen LogP contribution in [-0.4, -0.2) is 51.4 Å². The van der Waals surface area contributed by atoms with Gasteiger partial charge in [-0.05, 0) is 13.8 Å². The number of nitrogens with one attached hydrogen (secondary N) is 1. The molecule has 0 bridgehead atoms. The lowest BCUT2D eigenvalue weighted by Crippen LogP contribution is -2.29. The number of rotatable bonds is 9. The van der Waals surface area contributed by atoms with Gasteiger partial charge in [0.1, 0.15) is 32.8 Å². The van der Waals surface area contributed by atoms with Crippen LogP contribution in [0.2, 0.25) is 0 Å². The molecule has 0 atom stereocenters. The predicted octanol–water partition coefficient (Wildman–Crippen LogP) is 1.43. The number of nitrogens with zero attached hydrogens (tertiary/aromatic N) is 3. The van der Waals surface area contributed by atoms with Gasteiger partial charge in [-0.15, -0.1) is 0 Å². The normalized spacial score (nSPS) is 13.5. The summed E-state index contributed by atoms with van der Waals surface area (Å²) >= 11 is 0. The summed E-state index contributed by atoms with van der Waals surface area (Å²) in [5.41, 5.74) is 2.28. The Balaban J connectivity index is 3.74. The van der Waals surface area contributed by atoms with E-state index in [1.165, 1.54) is 28.4 Å². The average Bonchev–Trinajstić information content (AvgIpc) is 2.70. The van der Waals surface area contributed by atoms with Crippen molar-refractivity contribution in [3.05, 3.63) is 41.0 Å². The van der Waals surface area contributed by atoms with Crippen LogP contribution in [0.5, 0.6) is 0 Å². The molecular weight excluding hydrogens is 366 g/mol. The maximum absolute atomic E-state index is 12.3. The first kappa shape index (κ1) is 22.6. The summed E-state index contributed by atoms with van der Waals surface area (Å²) in [5.74, 6) is 5.37. The lowest BCUT2D eigenvalue weighted by Gasteiger charge is -2.15. The van der Waals surface area contributed by atoms with Crippen molar-refractivity contribution in [2.24, 2.45) is 21.4 Å². The summed E-state index contributed by atoms with van der Waals surface area (Å²) in [7, 11) is 5.66. The molecule has 0 aromatic heterocycles. The van der Waals surface area contributed by atoms with E-state index in [0.717, 1.165) is 0 Å². The Morgan fingerprint density at radius 3 is 2.04 bits per heavy atom. The number of carbonyl (C=O) groups excluding carboxylic acids is 1. The Bertz CT molecular complexity index is 814. The largest absolute Gasteiger partial charge is 0.410 e. The quantitative estimate of drug-likeness (QED) is 0.372. The number of carbonyl (C=O) groups is 1. The Labute approximate surface area is 163 Å². The van der Waals surface area contributed by atoms with Gasteiger partial charge in [-0.1, -0.05) is 39.7 Å². The molecule has 1 amide bonds. The van der Waals surface area contributed by atoms with E-state index in [0.29, 0.717) is 28.1 Å². The van der Waals surface area contributed by atoms with Gasteiger partial charge in [0, 0.05) is 23.7 Å². The summed E-state index contributed by atoms with van der Waals surface area (Å²) in [6.45, 7) is 3.41. The highest BCUT2D eigenvalue weighted by Gasteiger charge is 2.23. The molecular formula is C18H25N5O5. The number of amides is 1. The molecule has 0 radical (unpaired) electrons. The minimum atomic E-state index is -0.439. The Morgan fingerprint density at radius 1 is 0.964 bits per heavy atom. The van der Waals surface area contributed by atoms with Crippen LogP contribution in [0.4, 0.5) is 0 Å². The molecule has 28 heavy (non-hydrogen) atoms. The van der Waals surface area contributed by atoms with Crippen LogP contribution in [0.25, 0.3) is 5.76 Å². The van der Waals surface area contributed by atoms with Crippen LogP contribution < -0.4 is 11.2 Å². The molecule has 10 nitrogen and oxygen atoms in total. The molecule has 1 aromatic rings. The van der Waals surface area contributed by atoms with E-state index in [2.05, 4.69) is 20.8 Å². The van der Waals surface area contributed by atoms with E-state index in [1.807, 2.05) is 0 Å². The van der Waals surface area contributed by atoms with Crippen molar-refractivity contribution in [3.63, 3.8) is 0 Å². The van der Waals surface area contributed by atoms with Crippen LogP contribution in [0.15, 0.2) is 45.3 Å². The molecule has 0 aliphatic rings. The highest BCUT2D eigenvalue weighted by Crippen LogP contribution is 2.25. The second-order valence-electron chi connectivity index (χ2n) is 5.30. The van der Waals surface area contributed by atoms with Crippen molar-refractivity contribution in [1.29, 1.82) is 0 Å². The number of oxime groups is 3. The minimum absolute atomic E-state index is 0.0514. The van der Waals surface area contributed by atoms with Crippen LogP contribution in [-0.2, 0) is 24.1 Å². The van der Waals surface area contributed by atoms with Gasteiger partial charge in [-0.25, -0.2) is 0 Å². The molecule has 0 saturated carbocycles. The maximum Gasteiger partial charge on any atom is 0.273 e. The first-order valence-corrected chi connectivity index (χ1v) is 8.16. The second-order valence-corrected chi connectivity index (χ2v) is 5.30. The molecule has 10 heteroatoms. The fraction of sp³-hybridized carbons (Fsp3) is 0.333. The van der Waals surface area contributed by atoms with E-state index >= 15 is 0 Å². The Morgan fingerprint density at radius 2 is 1.54 bits per heavy atom. The Hall–Kier alpha value is -3.40. The van der Waals surface area contributed by atoms with Crippen LogP contribution >= 0.6 is 0 Å². The number of hydrogen-bond acceptors (Lipinski definition) is 9. The molecule has 0 aliphatic carbocycles. The van der Waals surface area contributed by atoms with Crippen molar-refractivity contribution in [3.8, 4) is 0 Å². The SMILES string of the molecule is CNC(=O)C(=NOC)c1ccccc1C(ON)=C(C)C(=NOC)C(C)=NOC. The molecule has 1 aromatic carbocycles. The minimum Gasteiger partial charge on any atom is -0.410 e. The summed E-state index contributed by atoms with van der Waals surface area (Å²) in [6.07, 6.45) is 0. The summed E-state index contributed by atoms with van der Waals surface area (Å²) in [4.78, 5) is 32.0. The summed E-state index contributed by atoms with van der Waals surface area (Å²) < 4.78 is 0. The molecule has 1 rings (SSSR count). The molecule has 152 valence electrons. The average molecular weight is 391 g/mol. The molecule has 0 unspecified atom stereocenters. The lowest BCUT2D eigenvalue weighted by molar-refractivity contribution is -0.114. The van der Waals surface area contributed by atoms with E-state index in [9.17, 15) is 4.79 Å². The van der Waals surface area contributed by atoms with Gasteiger partial charge in [0.2, 0.25) is 0 Å². The smallest absolute Gasteiger partial charge is 0.273 e. The predicted molar refractivity (Wildman–Crippen MR) is 106 cm³/mol. The highest BCUT2D eigenvalue weighted by molar-refractivity contribution is 6.49. The zero-order chi connectivity index (χ0) is 21.1. The molecule has 0 aliphatic heterocycles. The fourth-order valence-corrected chi connectivity index (χ4v) is 2.45. The van der Waals surface area contributed by atoms with Gasteiger partial charge in [-0.2, -0.15) is 5.90 Å². The molecule has 0 saturated heterocycles. The number of allylic oxidation sites excluding steroid dienone is 1. The first-order chi connectivity index (χ1) is 13.5. The third-order valence-corrected chi connectivity index (χ3v) is 3.62. The molecule has 0 heterocycles. The van der Waals surface area contributed by atoms with Crippen molar-refractivity contribution in [1.82, 2.24) is 5.32 Å². The van der Waals surface area contributed by atoms with Gasteiger partial charge in [-0.3, -0.25) is 4.79 Å². The third kappa shape index (κ3) is 5.30. The van der Waals surface area contributed by atoms with Gasteiger partial charge < -0.3 is 24.7 Å². The van der Waals surface area contributed by atoms with Crippen LogP contribution in [0.1, 0.15) is 25.0 Å². The molecule has 0 spiro atoms. The van der Waals surface area contributed by atoms with E-state index in [4.69, 9.17) is 25.2 Å². The summed E-state index contributed by atoms with van der Waals surface area (Å²) in [6, 6.07) is 6.93. The van der Waals surface area contributed by atoms with Gasteiger partial charge in [0.15, 0.2) is 11.5 Å². The van der Waals surface area contributed by atoms with Crippen LogP contribution in [0, 0.1) is 0 Å². The highest BCUT2D eigenvalue weighted by atomic mass is 16.6. The third-order valence-electron chi connectivity index (χ3n) is 3.62. The van der Waals surface area contributed by atoms with Gasteiger partial charge in [0.05, 0.1) is 0 Å². The number of benzene rings is 1. The zero-order valence-electron chi connectivity index (χ0n) is 16.8. The first-order valence-electron chi connectivity index (χ1n) is 8.16. The van der Waals surface area contributed by atoms with Crippen molar-refractivity contribution in [2.45, 2.75) is 13.8 Å². The topological polar surface area (TPSA) is 129 Å². The van der Waals surface area contributed by atoms with Crippen molar-refractivity contribution in [2.75, 3.05) is 28.4 Å². The zero-order valence-corrected chi connectivity index (χ0v) is 16.8. The van der Waals surface area contributed by atoms with Gasteiger partial charge >= 0.3 is 0 Å². The maximum atomic E-state index is 12.3. The van der Waals surface area contributed by atoms with Gasteiger partial charge in [0.25, 0.3) is 5.91 Å². The van der Waals surface area contributed by atoms with Crippen molar-refractivity contribution < 1.29 is 24.1 Å². The van der Waals surface area contributed by atoms with E-state index in [1.54, 1.807) is 38.1 Å². The fourth-order valence-electron chi connectivity index (χ4n) is 2.45. The number of likely N-dealkylation sites (N-methyl/N-ethyl adjacent to an activating group) is 1. The number of hydrogen-bond donors (Lipinski definition) is 2. The summed E-state index contributed by atoms with van der Waals surface area (Å²) in [5, 5.41) is 14.2. The molecule has 3 N–H and O–H groups in total. The van der Waals surface area contributed by atoms with E-state index in [-0.39, 0.29) is 11.5 Å². The molecule has 0 fully saturated rings. The lowest BCUT2D eigenvalue weighted by atomic mass is 9.96. The number of nitrogens with two attached hydrogens (primary N) is 1. The van der Waals surface area contributed by atoms with Crippen LogP contribution in [0.3, 0.4) is 0 Å². The Kier molecular flexibility index (Phi) is 9.17. The second kappa shape index (κ2) is 11.3. The monoisotopic (exact) mass is 391 g/mol. The van der Waals surface area contributed by atoms with Crippen molar-refractivity contribution >= 4 is 28.8 Å².